The summed E-state index contributed by atoms with van der Waals surface area (Å²) in [6.07, 6.45) is 4.16. The van der Waals surface area contributed by atoms with Crippen LogP contribution in [0.5, 0.6) is 11.6 Å². The molecule has 4 nitrogen and oxygen atoms in total. The molecular weight excluding hydrogens is 338 g/mol. The number of carbonyl (C=O) groups is 1. The Balaban J connectivity index is 1.82. The predicted molar refractivity (Wildman–Crippen MR) is 93.8 cm³/mol. The van der Waals surface area contributed by atoms with Crippen LogP contribution in [0.2, 0.25) is 0 Å². The molecule has 1 heterocycles. The molecule has 0 fully saturated rings. The molecule has 3 rings (SSSR count). The molecule has 1 aliphatic rings. The zero-order valence-electron chi connectivity index (χ0n) is 14.9. The van der Waals surface area contributed by atoms with Crippen molar-refractivity contribution in [1.82, 2.24) is 9.97 Å². The van der Waals surface area contributed by atoms with Crippen molar-refractivity contribution in [3.05, 3.63) is 53.5 Å². The van der Waals surface area contributed by atoms with Crippen LogP contribution in [0.1, 0.15) is 38.6 Å². The van der Waals surface area contributed by atoms with Crippen LogP contribution in [0.25, 0.3) is 5.57 Å². The SMILES string of the molecule is CC(C)[C@@H](C)CC(=O)C1=CCc2ncc(Oc3ccc(F)cc3F)nc21. The van der Waals surface area contributed by atoms with E-state index in [0.717, 1.165) is 12.1 Å². The molecule has 136 valence electrons. The van der Waals surface area contributed by atoms with E-state index in [1.807, 2.05) is 13.0 Å². The third kappa shape index (κ3) is 3.79. The first-order valence-electron chi connectivity index (χ1n) is 8.57. The molecule has 0 saturated carbocycles. The van der Waals surface area contributed by atoms with Gasteiger partial charge in [0.2, 0.25) is 5.88 Å². The van der Waals surface area contributed by atoms with Crippen LogP contribution in [0, 0.1) is 23.5 Å². The molecule has 0 amide bonds. The number of allylic oxidation sites excluding steroid dienone is 2. The van der Waals surface area contributed by atoms with E-state index in [2.05, 4.69) is 23.8 Å². The molecule has 26 heavy (non-hydrogen) atoms. The first-order valence-corrected chi connectivity index (χ1v) is 8.57. The van der Waals surface area contributed by atoms with Gasteiger partial charge >= 0.3 is 0 Å². The van der Waals surface area contributed by atoms with E-state index >= 15 is 0 Å². The first-order chi connectivity index (χ1) is 12.3. The van der Waals surface area contributed by atoms with Gasteiger partial charge in [0.15, 0.2) is 17.3 Å². The van der Waals surface area contributed by atoms with Gasteiger partial charge in [-0.1, -0.05) is 26.8 Å². The minimum absolute atomic E-state index is 0.0179. The number of ether oxygens (including phenoxy) is 1. The van der Waals surface area contributed by atoms with Crippen molar-refractivity contribution in [1.29, 1.82) is 0 Å². The average Bonchev–Trinajstić information content (AvgIpc) is 3.00. The maximum absolute atomic E-state index is 13.8. The maximum atomic E-state index is 13.8. The fourth-order valence-electron chi connectivity index (χ4n) is 2.66. The number of hydrogen-bond acceptors (Lipinski definition) is 4. The molecule has 0 radical (unpaired) electrons. The van der Waals surface area contributed by atoms with Gasteiger partial charge in [-0.25, -0.2) is 13.8 Å². The Labute approximate surface area is 150 Å². The molecular formula is C20H20F2N2O2. The number of benzene rings is 1. The second-order valence-electron chi connectivity index (χ2n) is 6.85. The number of rotatable bonds is 6. The molecule has 0 N–H and O–H groups in total. The molecule has 2 aromatic rings. The Morgan fingerprint density at radius 3 is 2.73 bits per heavy atom. The molecule has 6 heteroatoms. The van der Waals surface area contributed by atoms with E-state index < -0.39 is 11.6 Å². The second-order valence-corrected chi connectivity index (χ2v) is 6.85. The monoisotopic (exact) mass is 358 g/mol. The molecule has 0 aliphatic heterocycles. The summed E-state index contributed by atoms with van der Waals surface area (Å²) in [7, 11) is 0. The minimum atomic E-state index is -0.829. The molecule has 1 atom stereocenters. The van der Waals surface area contributed by atoms with Crippen molar-refractivity contribution in [3.63, 3.8) is 0 Å². The zero-order valence-corrected chi connectivity index (χ0v) is 14.9. The fourth-order valence-corrected chi connectivity index (χ4v) is 2.66. The Morgan fingerprint density at radius 1 is 1.27 bits per heavy atom. The van der Waals surface area contributed by atoms with E-state index in [0.29, 0.717) is 35.7 Å². The highest BCUT2D eigenvalue weighted by molar-refractivity contribution is 6.21. The number of nitrogens with zero attached hydrogens (tertiary/aromatic N) is 2. The third-order valence-electron chi connectivity index (χ3n) is 4.64. The highest BCUT2D eigenvalue weighted by atomic mass is 19.1. The van der Waals surface area contributed by atoms with E-state index in [1.54, 1.807) is 0 Å². The Morgan fingerprint density at radius 2 is 2.04 bits per heavy atom. The van der Waals surface area contributed by atoms with Crippen LogP contribution in [-0.4, -0.2) is 15.8 Å². The van der Waals surface area contributed by atoms with Crippen molar-refractivity contribution in [2.45, 2.75) is 33.6 Å². The van der Waals surface area contributed by atoms with Crippen molar-refractivity contribution < 1.29 is 18.3 Å². The van der Waals surface area contributed by atoms with Gasteiger partial charge in [-0.3, -0.25) is 9.78 Å². The van der Waals surface area contributed by atoms with Gasteiger partial charge in [0, 0.05) is 24.5 Å². The fraction of sp³-hybridized carbons (Fsp3) is 0.350. The Hall–Kier alpha value is -2.63. The van der Waals surface area contributed by atoms with Crippen molar-refractivity contribution in [3.8, 4) is 11.6 Å². The number of halogens is 2. The van der Waals surface area contributed by atoms with Crippen LogP contribution >= 0.6 is 0 Å². The summed E-state index contributed by atoms with van der Waals surface area (Å²) in [5.74, 6) is -0.925. The summed E-state index contributed by atoms with van der Waals surface area (Å²) in [4.78, 5) is 21.2. The molecule has 1 aromatic carbocycles. The molecule has 0 unspecified atom stereocenters. The largest absolute Gasteiger partial charge is 0.434 e. The van der Waals surface area contributed by atoms with Gasteiger partial charge in [-0.15, -0.1) is 0 Å². The lowest BCUT2D eigenvalue weighted by Gasteiger charge is -2.15. The van der Waals surface area contributed by atoms with E-state index in [4.69, 9.17) is 4.74 Å². The van der Waals surface area contributed by atoms with Crippen LogP contribution in [0.15, 0.2) is 30.5 Å². The highest BCUT2D eigenvalue weighted by Gasteiger charge is 2.25. The van der Waals surface area contributed by atoms with E-state index in [-0.39, 0.29) is 23.3 Å². The van der Waals surface area contributed by atoms with Gasteiger partial charge in [-0.05, 0) is 24.0 Å². The van der Waals surface area contributed by atoms with Gasteiger partial charge < -0.3 is 4.74 Å². The van der Waals surface area contributed by atoms with Crippen LogP contribution in [-0.2, 0) is 11.2 Å². The summed E-state index contributed by atoms with van der Waals surface area (Å²) in [6, 6.07) is 3.02. The zero-order chi connectivity index (χ0) is 18.8. The minimum Gasteiger partial charge on any atom is -0.434 e. The number of Topliss-reactive ketones (excluding diaryl/α,β-unsaturated/α-hetero) is 1. The number of ketones is 1. The normalized spacial score (nSPS) is 14.2. The Bertz CT molecular complexity index is 878. The summed E-state index contributed by atoms with van der Waals surface area (Å²) in [5, 5.41) is 0. The maximum Gasteiger partial charge on any atom is 0.238 e. The highest BCUT2D eigenvalue weighted by Crippen LogP contribution is 2.31. The molecule has 1 aromatic heterocycles. The number of hydrogen-bond donors (Lipinski definition) is 0. The number of carbonyl (C=O) groups excluding carboxylic acids is 1. The lowest BCUT2D eigenvalue weighted by atomic mass is 9.90. The van der Waals surface area contributed by atoms with Crippen LogP contribution in [0.3, 0.4) is 0 Å². The van der Waals surface area contributed by atoms with Crippen molar-refractivity contribution >= 4 is 11.4 Å². The molecule has 0 saturated heterocycles. The topological polar surface area (TPSA) is 52.1 Å². The van der Waals surface area contributed by atoms with Crippen LogP contribution < -0.4 is 4.74 Å². The third-order valence-corrected chi connectivity index (χ3v) is 4.64. The Kier molecular flexibility index (Phi) is 5.11. The number of fused-ring (bicyclic) bond motifs is 1. The summed E-state index contributed by atoms with van der Waals surface area (Å²) in [6.45, 7) is 6.21. The molecule has 0 spiro atoms. The van der Waals surface area contributed by atoms with E-state index in [9.17, 15) is 13.6 Å². The molecule has 0 bridgehead atoms. The predicted octanol–water partition coefficient (Wildman–Crippen LogP) is 4.74. The number of aromatic nitrogens is 2. The second kappa shape index (κ2) is 7.32. The van der Waals surface area contributed by atoms with Crippen LogP contribution in [0.4, 0.5) is 8.78 Å². The van der Waals surface area contributed by atoms with Crippen molar-refractivity contribution in [2.75, 3.05) is 0 Å². The summed E-state index contributed by atoms with van der Waals surface area (Å²) in [5.41, 5.74) is 1.70. The smallest absolute Gasteiger partial charge is 0.238 e. The first kappa shape index (κ1) is 18.2. The molecule has 1 aliphatic carbocycles. The van der Waals surface area contributed by atoms with Gasteiger partial charge in [0.05, 0.1) is 17.6 Å². The summed E-state index contributed by atoms with van der Waals surface area (Å²) >= 11 is 0. The van der Waals surface area contributed by atoms with Crippen molar-refractivity contribution in [2.24, 2.45) is 11.8 Å². The van der Waals surface area contributed by atoms with E-state index in [1.165, 1.54) is 12.3 Å². The van der Waals surface area contributed by atoms with Gasteiger partial charge in [-0.2, -0.15) is 0 Å². The van der Waals surface area contributed by atoms with Gasteiger partial charge in [0.25, 0.3) is 0 Å². The summed E-state index contributed by atoms with van der Waals surface area (Å²) < 4.78 is 32.1. The average molecular weight is 358 g/mol. The standard InChI is InChI=1S/C20H20F2N2O2/c1-11(2)12(3)8-17(25)14-5-6-16-20(14)24-19(10-23-16)26-18-7-4-13(21)9-15(18)22/h4-5,7,9-12H,6,8H2,1-3H3/t12-/m0/s1. The lowest BCUT2D eigenvalue weighted by molar-refractivity contribution is -0.114. The van der Waals surface area contributed by atoms with Gasteiger partial charge in [0.1, 0.15) is 5.82 Å². The lowest BCUT2D eigenvalue weighted by Crippen LogP contribution is -2.12. The quantitative estimate of drug-likeness (QED) is 0.748.